The van der Waals surface area contributed by atoms with Gasteiger partial charge in [0.05, 0.1) is 12.2 Å². The van der Waals surface area contributed by atoms with Crippen molar-refractivity contribution in [1.82, 2.24) is 19.8 Å². The third kappa shape index (κ3) is 3.23. The lowest BCUT2D eigenvalue weighted by molar-refractivity contribution is 0.0706. The van der Waals surface area contributed by atoms with Crippen LogP contribution in [0.2, 0.25) is 0 Å². The standard InChI is InChI=1S/C20H16N4O3/c25-19(22-27)16-5-4-15-8-11-23(20(26)18(15)12-16)13-14-2-6-17(7-3-14)24-10-1-9-21-24/h1-12,27H,13H2,(H,22,25). The number of amides is 1. The average molecular weight is 360 g/mol. The number of benzene rings is 2. The van der Waals surface area contributed by atoms with E-state index in [-0.39, 0.29) is 11.1 Å². The van der Waals surface area contributed by atoms with E-state index in [2.05, 4.69) is 5.10 Å². The summed E-state index contributed by atoms with van der Waals surface area (Å²) >= 11 is 0. The Bertz CT molecular complexity index is 1160. The lowest BCUT2D eigenvalue weighted by Gasteiger charge is -2.09. The largest absolute Gasteiger partial charge is 0.311 e. The molecule has 0 atom stereocenters. The Labute approximate surface area is 154 Å². The summed E-state index contributed by atoms with van der Waals surface area (Å²) in [5, 5.41) is 14.1. The van der Waals surface area contributed by atoms with E-state index in [1.54, 1.807) is 39.3 Å². The van der Waals surface area contributed by atoms with Gasteiger partial charge in [0.15, 0.2) is 0 Å². The maximum Gasteiger partial charge on any atom is 0.274 e. The summed E-state index contributed by atoms with van der Waals surface area (Å²) in [6.45, 7) is 0.407. The molecule has 7 nitrogen and oxygen atoms in total. The Morgan fingerprint density at radius 2 is 1.89 bits per heavy atom. The number of carbonyl (C=O) groups excluding carboxylic acids is 1. The Kier molecular flexibility index (Phi) is 4.27. The molecule has 2 aromatic carbocycles. The SMILES string of the molecule is O=C(NO)c1ccc2ccn(Cc3ccc(-n4cccn4)cc3)c(=O)c2c1. The molecule has 27 heavy (non-hydrogen) atoms. The van der Waals surface area contributed by atoms with Crippen LogP contribution in [0, 0.1) is 0 Å². The summed E-state index contributed by atoms with van der Waals surface area (Å²) in [4.78, 5) is 24.4. The maximum absolute atomic E-state index is 12.8. The van der Waals surface area contributed by atoms with Gasteiger partial charge in [-0.2, -0.15) is 5.10 Å². The van der Waals surface area contributed by atoms with Gasteiger partial charge in [-0.3, -0.25) is 14.8 Å². The van der Waals surface area contributed by atoms with Crippen LogP contribution in [0.5, 0.6) is 0 Å². The molecule has 4 rings (SSSR count). The molecule has 2 heterocycles. The van der Waals surface area contributed by atoms with Gasteiger partial charge in [0.2, 0.25) is 0 Å². The first-order valence-electron chi connectivity index (χ1n) is 8.32. The van der Waals surface area contributed by atoms with Gasteiger partial charge in [-0.15, -0.1) is 0 Å². The molecule has 2 aromatic heterocycles. The van der Waals surface area contributed by atoms with Crippen molar-refractivity contribution in [2.75, 3.05) is 0 Å². The zero-order valence-corrected chi connectivity index (χ0v) is 14.2. The van der Waals surface area contributed by atoms with Crippen LogP contribution >= 0.6 is 0 Å². The van der Waals surface area contributed by atoms with E-state index in [0.717, 1.165) is 16.6 Å². The van der Waals surface area contributed by atoms with Crippen LogP contribution in [0.25, 0.3) is 16.5 Å². The molecule has 134 valence electrons. The molecule has 0 saturated heterocycles. The van der Waals surface area contributed by atoms with E-state index in [4.69, 9.17) is 5.21 Å². The Morgan fingerprint density at radius 1 is 1.07 bits per heavy atom. The molecule has 2 N–H and O–H groups in total. The minimum atomic E-state index is -0.652. The van der Waals surface area contributed by atoms with Crippen molar-refractivity contribution in [3.63, 3.8) is 0 Å². The first-order chi connectivity index (χ1) is 13.2. The van der Waals surface area contributed by atoms with Crippen molar-refractivity contribution < 1.29 is 10.0 Å². The summed E-state index contributed by atoms with van der Waals surface area (Å²) < 4.78 is 3.35. The molecule has 1 amide bonds. The Morgan fingerprint density at radius 3 is 2.59 bits per heavy atom. The minimum Gasteiger partial charge on any atom is -0.311 e. The zero-order chi connectivity index (χ0) is 18.8. The monoisotopic (exact) mass is 360 g/mol. The highest BCUT2D eigenvalue weighted by Crippen LogP contribution is 2.14. The molecule has 0 aliphatic carbocycles. The van der Waals surface area contributed by atoms with Gasteiger partial charge in [0, 0.05) is 29.5 Å². The van der Waals surface area contributed by atoms with Gasteiger partial charge in [0.1, 0.15) is 0 Å². The molecule has 0 saturated carbocycles. The molecule has 0 unspecified atom stereocenters. The third-order valence-electron chi connectivity index (χ3n) is 4.40. The van der Waals surface area contributed by atoms with Crippen molar-refractivity contribution in [3.8, 4) is 5.69 Å². The number of rotatable bonds is 4. The van der Waals surface area contributed by atoms with Crippen LogP contribution in [-0.2, 0) is 6.54 Å². The van der Waals surface area contributed by atoms with Gasteiger partial charge >= 0.3 is 0 Å². The number of pyridine rings is 1. The van der Waals surface area contributed by atoms with Crippen molar-refractivity contribution >= 4 is 16.7 Å². The van der Waals surface area contributed by atoms with Crippen molar-refractivity contribution in [2.45, 2.75) is 6.54 Å². The van der Waals surface area contributed by atoms with Crippen molar-refractivity contribution in [2.24, 2.45) is 0 Å². The van der Waals surface area contributed by atoms with E-state index in [0.29, 0.717) is 11.9 Å². The van der Waals surface area contributed by atoms with Crippen LogP contribution < -0.4 is 11.0 Å². The molecular formula is C20H16N4O3. The quantitative estimate of drug-likeness (QED) is 0.432. The second-order valence-corrected chi connectivity index (χ2v) is 6.11. The summed E-state index contributed by atoms with van der Waals surface area (Å²) in [5.74, 6) is -0.652. The normalized spacial score (nSPS) is 10.9. The van der Waals surface area contributed by atoms with E-state index in [1.165, 1.54) is 6.07 Å². The molecule has 7 heteroatoms. The summed E-state index contributed by atoms with van der Waals surface area (Å²) in [7, 11) is 0. The van der Waals surface area contributed by atoms with Crippen LogP contribution in [0.3, 0.4) is 0 Å². The van der Waals surface area contributed by atoms with Crippen LogP contribution in [-0.4, -0.2) is 25.5 Å². The molecule has 0 fully saturated rings. The number of aromatic nitrogens is 3. The van der Waals surface area contributed by atoms with Gasteiger partial charge in [-0.1, -0.05) is 18.2 Å². The smallest absolute Gasteiger partial charge is 0.274 e. The Hall–Kier alpha value is -3.71. The molecular weight excluding hydrogens is 344 g/mol. The van der Waals surface area contributed by atoms with Crippen LogP contribution in [0.15, 0.2) is 78.0 Å². The Balaban J connectivity index is 1.66. The predicted molar refractivity (Wildman–Crippen MR) is 100 cm³/mol. The summed E-state index contributed by atoms with van der Waals surface area (Å²) in [6.07, 6.45) is 5.31. The van der Waals surface area contributed by atoms with Crippen molar-refractivity contribution in [1.29, 1.82) is 0 Å². The number of nitrogens with zero attached hydrogens (tertiary/aromatic N) is 3. The number of nitrogens with one attached hydrogen (secondary N) is 1. The number of hydroxylamine groups is 1. The fourth-order valence-corrected chi connectivity index (χ4v) is 2.98. The lowest BCUT2D eigenvalue weighted by Crippen LogP contribution is -2.22. The molecule has 0 aliphatic rings. The molecule has 4 aromatic rings. The fourth-order valence-electron chi connectivity index (χ4n) is 2.98. The summed E-state index contributed by atoms with van der Waals surface area (Å²) in [5.41, 5.74) is 3.52. The number of fused-ring (bicyclic) bond motifs is 1. The van der Waals surface area contributed by atoms with E-state index < -0.39 is 5.91 Å². The summed E-state index contributed by atoms with van der Waals surface area (Å²) in [6, 6.07) is 16.2. The second-order valence-electron chi connectivity index (χ2n) is 6.11. The van der Waals surface area contributed by atoms with E-state index >= 15 is 0 Å². The number of hydrogen-bond donors (Lipinski definition) is 2. The highest BCUT2D eigenvalue weighted by atomic mass is 16.5. The van der Waals surface area contributed by atoms with Gasteiger partial charge < -0.3 is 4.57 Å². The van der Waals surface area contributed by atoms with E-state index in [9.17, 15) is 9.59 Å². The topological polar surface area (TPSA) is 89.2 Å². The highest BCUT2D eigenvalue weighted by molar-refractivity contribution is 5.97. The molecule has 0 radical (unpaired) electrons. The zero-order valence-electron chi connectivity index (χ0n) is 14.2. The fraction of sp³-hybridized carbons (Fsp3) is 0.0500. The lowest BCUT2D eigenvalue weighted by atomic mass is 10.1. The third-order valence-corrected chi connectivity index (χ3v) is 4.40. The van der Waals surface area contributed by atoms with Gasteiger partial charge in [-0.25, -0.2) is 10.2 Å². The maximum atomic E-state index is 12.8. The van der Waals surface area contributed by atoms with Crippen molar-refractivity contribution in [3.05, 3.63) is 94.7 Å². The predicted octanol–water partition coefficient (Wildman–Crippen LogP) is 2.35. The van der Waals surface area contributed by atoms with Gasteiger partial charge in [0.25, 0.3) is 11.5 Å². The number of hydrogen-bond acceptors (Lipinski definition) is 4. The minimum absolute atomic E-state index is 0.198. The van der Waals surface area contributed by atoms with Crippen LogP contribution in [0.1, 0.15) is 15.9 Å². The molecule has 0 spiro atoms. The number of carbonyl (C=O) groups is 1. The first-order valence-corrected chi connectivity index (χ1v) is 8.32. The average Bonchev–Trinajstić information content (AvgIpc) is 3.25. The second kappa shape index (κ2) is 6.89. The van der Waals surface area contributed by atoms with Crippen LogP contribution in [0.4, 0.5) is 0 Å². The van der Waals surface area contributed by atoms with Gasteiger partial charge in [-0.05, 0) is 47.3 Å². The van der Waals surface area contributed by atoms with E-state index in [1.807, 2.05) is 42.6 Å². The molecule has 0 aliphatic heterocycles. The molecule has 0 bridgehead atoms. The first kappa shape index (κ1) is 16.7. The highest BCUT2D eigenvalue weighted by Gasteiger charge is 2.09.